The van der Waals surface area contributed by atoms with Gasteiger partial charge in [-0.1, -0.05) is 6.92 Å². The maximum absolute atomic E-state index is 12.2. The van der Waals surface area contributed by atoms with Crippen LogP contribution >= 0.6 is 0 Å². The van der Waals surface area contributed by atoms with Gasteiger partial charge in [-0.3, -0.25) is 4.79 Å². The summed E-state index contributed by atoms with van der Waals surface area (Å²) in [6.07, 6.45) is 1.51. The van der Waals surface area contributed by atoms with Gasteiger partial charge < -0.3 is 9.84 Å². The third kappa shape index (κ3) is 4.41. The molecule has 1 saturated heterocycles. The molecule has 1 aliphatic heterocycles. The predicted molar refractivity (Wildman–Crippen MR) is 74.2 cm³/mol. The Morgan fingerprint density at radius 2 is 2.15 bits per heavy atom. The summed E-state index contributed by atoms with van der Waals surface area (Å²) in [4.78, 5) is 11.8. The first-order chi connectivity index (χ1) is 9.23. The Morgan fingerprint density at radius 3 is 2.70 bits per heavy atom. The second-order valence-corrected chi connectivity index (χ2v) is 6.91. The fourth-order valence-corrected chi connectivity index (χ4v) is 3.51. The van der Waals surface area contributed by atoms with Crippen molar-refractivity contribution in [1.82, 2.24) is 9.03 Å². The first-order valence-corrected chi connectivity index (χ1v) is 8.33. The molecule has 2 atom stereocenters. The Hall–Kier alpha value is -0.700. The molecule has 0 amide bonds. The van der Waals surface area contributed by atoms with Gasteiger partial charge in [0.2, 0.25) is 0 Å². The summed E-state index contributed by atoms with van der Waals surface area (Å²) in [5.41, 5.74) is -1.10. The minimum absolute atomic E-state index is 0.0854. The van der Waals surface area contributed by atoms with E-state index in [0.29, 0.717) is 19.3 Å². The Balaban J connectivity index is 2.73. The van der Waals surface area contributed by atoms with Crippen molar-refractivity contribution in [1.29, 1.82) is 0 Å². The van der Waals surface area contributed by atoms with Crippen molar-refractivity contribution < 1.29 is 23.1 Å². The lowest BCUT2D eigenvalue weighted by molar-refractivity contribution is -0.146. The van der Waals surface area contributed by atoms with Crippen molar-refractivity contribution >= 4 is 16.2 Å². The summed E-state index contributed by atoms with van der Waals surface area (Å²) in [7, 11) is -3.79. The highest BCUT2D eigenvalue weighted by Gasteiger charge is 2.40. The first-order valence-electron chi connectivity index (χ1n) is 6.89. The number of nitrogens with zero attached hydrogens (tertiary/aromatic N) is 1. The topological polar surface area (TPSA) is 95.9 Å². The number of esters is 1. The van der Waals surface area contributed by atoms with Crippen LogP contribution in [0.1, 0.15) is 40.0 Å². The van der Waals surface area contributed by atoms with Gasteiger partial charge in [-0.2, -0.15) is 17.4 Å². The number of rotatable bonds is 7. The molecular formula is C12H24N2O5S. The van der Waals surface area contributed by atoms with E-state index in [-0.39, 0.29) is 19.7 Å². The molecule has 0 spiro atoms. The highest BCUT2D eigenvalue weighted by atomic mass is 32.2. The number of aliphatic hydroxyl groups is 1. The molecule has 2 unspecified atom stereocenters. The number of carbonyl (C=O) groups excluding carboxylic acids is 1. The Kier molecular flexibility index (Phi) is 5.93. The quantitative estimate of drug-likeness (QED) is 0.646. The average Bonchev–Trinajstić information content (AvgIpc) is 2.87. The molecule has 1 fully saturated rings. The summed E-state index contributed by atoms with van der Waals surface area (Å²) >= 11 is 0. The van der Waals surface area contributed by atoms with Crippen LogP contribution in [0, 0.1) is 0 Å². The van der Waals surface area contributed by atoms with E-state index in [1.807, 2.05) is 0 Å². The zero-order valence-corrected chi connectivity index (χ0v) is 13.1. The van der Waals surface area contributed by atoms with E-state index < -0.39 is 27.8 Å². The third-order valence-corrected chi connectivity index (χ3v) is 5.03. The highest BCUT2D eigenvalue weighted by Crippen LogP contribution is 2.21. The molecule has 1 aliphatic rings. The molecule has 0 bridgehead atoms. The minimum atomic E-state index is -3.79. The standard InChI is InChI=1S/C12H24N2O5S/c1-4-12(3,16)9-13-20(17,18)14-8-6-7-10(14)11(15)19-5-2/h10,13,16H,4-9H2,1-3H3. The highest BCUT2D eigenvalue weighted by molar-refractivity contribution is 7.87. The van der Waals surface area contributed by atoms with Gasteiger partial charge in [0.25, 0.3) is 10.2 Å². The summed E-state index contributed by atoms with van der Waals surface area (Å²) < 4.78 is 32.8. The Morgan fingerprint density at radius 1 is 1.50 bits per heavy atom. The first kappa shape index (κ1) is 17.4. The largest absolute Gasteiger partial charge is 0.465 e. The molecule has 7 nitrogen and oxygen atoms in total. The van der Waals surface area contributed by atoms with Gasteiger partial charge in [0.05, 0.1) is 12.2 Å². The van der Waals surface area contributed by atoms with Crippen molar-refractivity contribution in [2.75, 3.05) is 19.7 Å². The second-order valence-electron chi connectivity index (χ2n) is 5.20. The zero-order valence-electron chi connectivity index (χ0n) is 12.3. The number of hydrogen-bond acceptors (Lipinski definition) is 5. The van der Waals surface area contributed by atoms with Crippen LogP contribution in [-0.4, -0.2) is 55.1 Å². The van der Waals surface area contributed by atoms with E-state index in [0.717, 1.165) is 4.31 Å². The summed E-state index contributed by atoms with van der Waals surface area (Å²) in [5, 5.41) is 9.85. The molecule has 0 aromatic heterocycles. The molecule has 0 aromatic carbocycles. The number of nitrogens with one attached hydrogen (secondary N) is 1. The van der Waals surface area contributed by atoms with Crippen molar-refractivity contribution in [3.8, 4) is 0 Å². The van der Waals surface area contributed by atoms with Crippen LogP contribution in [-0.2, 0) is 19.7 Å². The van der Waals surface area contributed by atoms with Gasteiger partial charge >= 0.3 is 5.97 Å². The van der Waals surface area contributed by atoms with Crippen LogP contribution in [0.3, 0.4) is 0 Å². The van der Waals surface area contributed by atoms with Crippen LogP contribution in [0.5, 0.6) is 0 Å². The summed E-state index contributed by atoms with van der Waals surface area (Å²) in [6, 6.07) is -0.765. The average molecular weight is 308 g/mol. The molecule has 1 heterocycles. The van der Waals surface area contributed by atoms with E-state index >= 15 is 0 Å². The summed E-state index contributed by atoms with van der Waals surface area (Å²) in [6.45, 7) is 5.43. The summed E-state index contributed by atoms with van der Waals surface area (Å²) in [5.74, 6) is -0.516. The molecule has 0 aromatic rings. The van der Waals surface area contributed by atoms with Crippen LogP contribution in [0.4, 0.5) is 0 Å². The van der Waals surface area contributed by atoms with Gasteiger partial charge in [-0.15, -0.1) is 0 Å². The molecule has 2 N–H and O–H groups in total. The SMILES string of the molecule is CCOC(=O)C1CCCN1S(=O)(=O)NCC(C)(O)CC. The maximum atomic E-state index is 12.2. The molecule has 20 heavy (non-hydrogen) atoms. The van der Waals surface area contributed by atoms with Crippen LogP contribution < -0.4 is 4.72 Å². The molecule has 0 saturated carbocycles. The lowest BCUT2D eigenvalue weighted by atomic mass is 10.1. The number of carbonyl (C=O) groups is 1. The van der Waals surface area contributed by atoms with E-state index in [9.17, 15) is 18.3 Å². The van der Waals surface area contributed by atoms with Gasteiger partial charge in [0.15, 0.2) is 0 Å². The number of hydrogen-bond donors (Lipinski definition) is 2. The van der Waals surface area contributed by atoms with Crippen LogP contribution in [0.15, 0.2) is 0 Å². The molecule has 0 aliphatic carbocycles. The third-order valence-electron chi connectivity index (χ3n) is 3.47. The maximum Gasteiger partial charge on any atom is 0.324 e. The zero-order chi connectivity index (χ0) is 15.4. The lowest BCUT2D eigenvalue weighted by Gasteiger charge is -2.26. The van der Waals surface area contributed by atoms with Crippen LogP contribution in [0.25, 0.3) is 0 Å². The molecule has 0 radical (unpaired) electrons. The van der Waals surface area contributed by atoms with Gasteiger partial charge in [0.1, 0.15) is 6.04 Å². The van der Waals surface area contributed by atoms with Crippen molar-refractivity contribution in [2.24, 2.45) is 0 Å². The van der Waals surface area contributed by atoms with Crippen molar-refractivity contribution in [3.63, 3.8) is 0 Å². The predicted octanol–water partition coefficient (Wildman–Crippen LogP) is 0.00930. The molecular weight excluding hydrogens is 284 g/mol. The normalized spacial score (nSPS) is 23.5. The van der Waals surface area contributed by atoms with E-state index in [2.05, 4.69) is 4.72 Å². The molecule has 1 rings (SSSR count). The van der Waals surface area contributed by atoms with Crippen LogP contribution in [0.2, 0.25) is 0 Å². The lowest BCUT2D eigenvalue weighted by Crippen LogP contribution is -2.50. The fraction of sp³-hybridized carbons (Fsp3) is 0.917. The minimum Gasteiger partial charge on any atom is -0.465 e. The van der Waals surface area contributed by atoms with E-state index in [4.69, 9.17) is 4.74 Å². The van der Waals surface area contributed by atoms with Gasteiger partial charge in [-0.25, -0.2) is 0 Å². The molecule has 118 valence electrons. The van der Waals surface area contributed by atoms with Crippen molar-refractivity contribution in [2.45, 2.75) is 51.7 Å². The fourth-order valence-electron chi connectivity index (χ4n) is 1.96. The number of ether oxygens (including phenoxy) is 1. The van der Waals surface area contributed by atoms with E-state index in [1.54, 1.807) is 20.8 Å². The van der Waals surface area contributed by atoms with Gasteiger partial charge in [-0.05, 0) is 33.1 Å². The monoisotopic (exact) mass is 308 g/mol. The Bertz CT molecular complexity index is 435. The molecule has 8 heteroatoms. The second kappa shape index (κ2) is 6.84. The Labute approximate surface area is 120 Å². The van der Waals surface area contributed by atoms with E-state index in [1.165, 1.54) is 0 Å². The van der Waals surface area contributed by atoms with Crippen molar-refractivity contribution in [3.05, 3.63) is 0 Å². The van der Waals surface area contributed by atoms with Gasteiger partial charge in [0, 0.05) is 13.1 Å². The smallest absolute Gasteiger partial charge is 0.324 e.